The maximum atomic E-state index is 11.2. The molecule has 0 saturated carbocycles. The Morgan fingerprint density at radius 1 is 1.47 bits per heavy atom. The van der Waals surface area contributed by atoms with Gasteiger partial charge in [0.15, 0.2) is 10.8 Å². The number of carbonyl (C=O) groups excluding carboxylic acids is 1. The second-order valence-electron chi connectivity index (χ2n) is 3.41. The number of hydrogen-bond donors (Lipinski definition) is 1. The lowest BCUT2D eigenvalue weighted by atomic mass is 10.3. The summed E-state index contributed by atoms with van der Waals surface area (Å²) in [4.78, 5) is 19.4. The summed E-state index contributed by atoms with van der Waals surface area (Å²) in [7, 11) is 1.33. The monoisotopic (exact) mass is 249 g/mol. The molecule has 17 heavy (non-hydrogen) atoms. The molecule has 0 atom stereocenters. The van der Waals surface area contributed by atoms with Crippen molar-refractivity contribution in [3.63, 3.8) is 0 Å². The molecule has 0 fully saturated rings. The van der Waals surface area contributed by atoms with Crippen LogP contribution in [-0.4, -0.2) is 23.0 Å². The zero-order chi connectivity index (χ0) is 12.3. The Bertz CT molecular complexity index is 539. The van der Waals surface area contributed by atoms with Gasteiger partial charge in [-0.2, -0.15) is 0 Å². The highest BCUT2D eigenvalue weighted by Gasteiger charge is 2.10. The number of thiazole rings is 1. The molecule has 2 aromatic heterocycles. The molecule has 0 bridgehead atoms. The van der Waals surface area contributed by atoms with E-state index in [2.05, 4.69) is 20.0 Å². The van der Waals surface area contributed by atoms with Crippen LogP contribution in [0.2, 0.25) is 0 Å². The molecule has 0 aliphatic heterocycles. The quantitative estimate of drug-likeness (QED) is 0.846. The van der Waals surface area contributed by atoms with Crippen molar-refractivity contribution in [2.75, 3.05) is 12.4 Å². The van der Waals surface area contributed by atoms with Crippen molar-refractivity contribution in [3.05, 3.63) is 35.1 Å². The van der Waals surface area contributed by atoms with Gasteiger partial charge in [-0.25, -0.2) is 9.78 Å². The largest absolute Gasteiger partial charge is 0.464 e. The van der Waals surface area contributed by atoms with Crippen LogP contribution < -0.4 is 5.32 Å². The smallest absolute Gasteiger partial charge is 0.357 e. The van der Waals surface area contributed by atoms with Crippen LogP contribution >= 0.6 is 11.3 Å². The highest BCUT2D eigenvalue weighted by atomic mass is 32.1. The number of hydrogen-bond acceptors (Lipinski definition) is 6. The standard InChI is InChI=1S/C11H11N3O2S/c1-7-3-8(5-12-4-7)13-11-14-9(6-17-11)10(15)16-2/h3-6H,1-2H3,(H,13,14). The fourth-order valence-corrected chi connectivity index (χ4v) is 1.98. The molecule has 6 heteroatoms. The lowest BCUT2D eigenvalue weighted by Crippen LogP contribution is -2.01. The molecule has 0 spiro atoms. The van der Waals surface area contributed by atoms with Gasteiger partial charge in [-0.15, -0.1) is 11.3 Å². The van der Waals surface area contributed by atoms with Crippen molar-refractivity contribution in [3.8, 4) is 0 Å². The van der Waals surface area contributed by atoms with E-state index in [0.29, 0.717) is 10.8 Å². The van der Waals surface area contributed by atoms with E-state index in [0.717, 1.165) is 11.3 Å². The summed E-state index contributed by atoms with van der Waals surface area (Å²) >= 11 is 1.34. The Morgan fingerprint density at radius 2 is 2.29 bits per heavy atom. The molecule has 2 aromatic rings. The molecule has 1 N–H and O–H groups in total. The molecule has 0 aromatic carbocycles. The summed E-state index contributed by atoms with van der Waals surface area (Å²) in [6.45, 7) is 1.96. The minimum atomic E-state index is -0.434. The van der Waals surface area contributed by atoms with Crippen molar-refractivity contribution < 1.29 is 9.53 Å². The van der Waals surface area contributed by atoms with Crippen molar-refractivity contribution in [2.45, 2.75) is 6.92 Å². The van der Waals surface area contributed by atoms with Crippen LogP contribution in [0.25, 0.3) is 0 Å². The summed E-state index contributed by atoms with van der Waals surface area (Å²) in [6, 6.07) is 1.95. The van der Waals surface area contributed by atoms with Gasteiger partial charge in [0, 0.05) is 11.6 Å². The molecule has 0 aliphatic carbocycles. The van der Waals surface area contributed by atoms with Gasteiger partial charge in [0.25, 0.3) is 0 Å². The van der Waals surface area contributed by atoms with Crippen molar-refractivity contribution in [1.29, 1.82) is 0 Å². The third kappa shape index (κ3) is 2.79. The van der Waals surface area contributed by atoms with Crippen LogP contribution in [0.5, 0.6) is 0 Å². The van der Waals surface area contributed by atoms with E-state index >= 15 is 0 Å². The van der Waals surface area contributed by atoms with E-state index in [9.17, 15) is 4.79 Å². The summed E-state index contributed by atoms with van der Waals surface area (Å²) in [5.41, 5.74) is 2.20. The van der Waals surface area contributed by atoms with Crippen LogP contribution in [0.4, 0.5) is 10.8 Å². The number of esters is 1. The average molecular weight is 249 g/mol. The van der Waals surface area contributed by atoms with E-state index in [1.54, 1.807) is 17.8 Å². The Kier molecular flexibility index (Phi) is 3.34. The number of carbonyl (C=O) groups is 1. The zero-order valence-corrected chi connectivity index (χ0v) is 10.2. The van der Waals surface area contributed by atoms with Crippen molar-refractivity contribution >= 4 is 28.1 Å². The predicted octanol–water partition coefficient (Wildman–Crippen LogP) is 2.38. The normalized spacial score (nSPS) is 10.0. The fourth-order valence-electron chi connectivity index (χ4n) is 1.28. The minimum Gasteiger partial charge on any atom is -0.464 e. The van der Waals surface area contributed by atoms with Gasteiger partial charge < -0.3 is 10.1 Å². The molecule has 0 amide bonds. The molecule has 0 aliphatic rings. The predicted molar refractivity (Wildman–Crippen MR) is 65.7 cm³/mol. The van der Waals surface area contributed by atoms with E-state index in [1.165, 1.54) is 18.4 Å². The third-order valence-electron chi connectivity index (χ3n) is 2.02. The van der Waals surface area contributed by atoms with Crippen LogP contribution in [0.1, 0.15) is 16.1 Å². The lowest BCUT2D eigenvalue weighted by molar-refractivity contribution is 0.0595. The number of nitrogens with zero attached hydrogens (tertiary/aromatic N) is 2. The molecule has 0 saturated heterocycles. The van der Waals surface area contributed by atoms with Crippen LogP contribution in [0.3, 0.4) is 0 Å². The molecule has 5 nitrogen and oxygen atoms in total. The number of ether oxygens (including phenoxy) is 1. The number of pyridine rings is 1. The summed E-state index contributed by atoms with van der Waals surface area (Å²) < 4.78 is 4.58. The fraction of sp³-hybridized carbons (Fsp3) is 0.182. The number of aromatic nitrogens is 2. The number of aryl methyl sites for hydroxylation is 1. The molecule has 2 rings (SSSR count). The molecule has 88 valence electrons. The van der Waals surface area contributed by atoms with E-state index < -0.39 is 5.97 Å². The highest BCUT2D eigenvalue weighted by molar-refractivity contribution is 7.14. The van der Waals surface area contributed by atoms with E-state index in [4.69, 9.17) is 0 Å². The first-order valence-electron chi connectivity index (χ1n) is 4.91. The first-order chi connectivity index (χ1) is 8.19. The number of methoxy groups -OCH3 is 1. The lowest BCUT2D eigenvalue weighted by Gasteiger charge is -2.01. The minimum absolute atomic E-state index is 0.306. The summed E-state index contributed by atoms with van der Waals surface area (Å²) in [5.74, 6) is -0.434. The molecule has 0 radical (unpaired) electrons. The Balaban J connectivity index is 2.14. The molecular formula is C11H11N3O2S. The Morgan fingerprint density at radius 3 is 3.00 bits per heavy atom. The van der Waals surface area contributed by atoms with Crippen molar-refractivity contribution in [1.82, 2.24) is 9.97 Å². The van der Waals surface area contributed by atoms with Crippen molar-refractivity contribution in [2.24, 2.45) is 0 Å². The van der Waals surface area contributed by atoms with Crippen LogP contribution in [-0.2, 0) is 4.74 Å². The summed E-state index contributed by atoms with van der Waals surface area (Å²) in [5, 5.41) is 5.37. The molecule has 2 heterocycles. The Hall–Kier alpha value is -1.95. The zero-order valence-electron chi connectivity index (χ0n) is 9.43. The summed E-state index contributed by atoms with van der Waals surface area (Å²) in [6.07, 6.45) is 3.47. The number of rotatable bonds is 3. The first kappa shape index (κ1) is 11.5. The topological polar surface area (TPSA) is 64.1 Å². The highest BCUT2D eigenvalue weighted by Crippen LogP contribution is 2.21. The second kappa shape index (κ2) is 4.92. The average Bonchev–Trinajstić information content (AvgIpc) is 2.76. The van der Waals surface area contributed by atoms with Gasteiger partial charge in [-0.1, -0.05) is 0 Å². The maximum Gasteiger partial charge on any atom is 0.357 e. The number of nitrogens with one attached hydrogen (secondary N) is 1. The molecular weight excluding hydrogens is 238 g/mol. The van der Waals surface area contributed by atoms with Gasteiger partial charge in [0.2, 0.25) is 0 Å². The number of anilines is 2. The first-order valence-corrected chi connectivity index (χ1v) is 5.79. The van der Waals surface area contributed by atoms with E-state index in [1.807, 2.05) is 13.0 Å². The van der Waals surface area contributed by atoms with Crippen LogP contribution in [0, 0.1) is 6.92 Å². The molecule has 0 unspecified atom stereocenters. The van der Waals surface area contributed by atoms with Gasteiger partial charge in [-0.05, 0) is 18.6 Å². The Labute approximate surface area is 102 Å². The SMILES string of the molecule is COC(=O)c1csc(Nc2cncc(C)c2)n1. The van der Waals surface area contributed by atoms with E-state index in [-0.39, 0.29) is 0 Å². The van der Waals surface area contributed by atoms with Crippen LogP contribution in [0.15, 0.2) is 23.8 Å². The van der Waals surface area contributed by atoms with Gasteiger partial charge in [-0.3, -0.25) is 4.98 Å². The van der Waals surface area contributed by atoms with Gasteiger partial charge in [0.05, 0.1) is 19.0 Å². The van der Waals surface area contributed by atoms with Gasteiger partial charge >= 0.3 is 5.97 Å². The third-order valence-corrected chi connectivity index (χ3v) is 2.78. The van der Waals surface area contributed by atoms with Gasteiger partial charge in [0.1, 0.15) is 0 Å². The maximum absolute atomic E-state index is 11.2. The second-order valence-corrected chi connectivity index (χ2v) is 4.26.